The Balaban J connectivity index is 1.35. The zero-order valence-electron chi connectivity index (χ0n) is 17.9. The average Bonchev–Trinajstić information content (AvgIpc) is 3.22. The third kappa shape index (κ3) is 4.19. The van der Waals surface area contributed by atoms with Gasteiger partial charge in [-0.05, 0) is 70.1 Å². The van der Waals surface area contributed by atoms with Gasteiger partial charge in [-0.15, -0.1) is 0 Å². The number of imidazole rings is 1. The molecule has 0 N–H and O–H groups in total. The minimum atomic E-state index is 0.178. The van der Waals surface area contributed by atoms with Crippen LogP contribution in [0.1, 0.15) is 37.3 Å². The first-order valence-electron chi connectivity index (χ1n) is 11.2. The Bertz CT molecular complexity index is 1090. The molecule has 1 atom stereocenters. The molecule has 0 saturated carbocycles. The molecule has 162 valence electrons. The fraction of sp³-hybridized carbons (Fsp3) is 0.458. The van der Waals surface area contributed by atoms with Gasteiger partial charge in [-0.1, -0.05) is 17.7 Å². The predicted octanol–water partition coefficient (Wildman–Crippen LogP) is 4.10. The summed E-state index contributed by atoms with van der Waals surface area (Å²) in [6, 6.07) is 9.91. The molecular formula is C24H28ClN5O. The minimum absolute atomic E-state index is 0.178. The van der Waals surface area contributed by atoms with Crippen molar-refractivity contribution in [3.05, 3.63) is 53.4 Å². The summed E-state index contributed by atoms with van der Waals surface area (Å²) in [5.41, 5.74) is 3.70. The molecule has 2 fully saturated rings. The van der Waals surface area contributed by atoms with Gasteiger partial charge in [0.1, 0.15) is 5.65 Å². The van der Waals surface area contributed by atoms with Crippen molar-refractivity contribution in [1.29, 1.82) is 0 Å². The standard InChI is InChI=1S/C24H28ClN5O/c1-28-12-9-17(10-13-28)24(31)29-11-3-4-18(15-29)20-5-2-6-21(27-20)22-14-26-23-8-7-19(25)16-30(22)23/h2,5-8,14,16-18H,3-4,9-13,15H2,1H3. The summed E-state index contributed by atoms with van der Waals surface area (Å²) in [6.07, 6.45) is 7.75. The van der Waals surface area contributed by atoms with Crippen LogP contribution in [0.3, 0.4) is 0 Å². The lowest BCUT2D eigenvalue weighted by Crippen LogP contribution is -2.45. The van der Waals surface area contributed by atoms with Crippen LogP contribution in [0.25, 0.3) is 17.0 Å². The van der Waals surface area contributed by atoms with E-state index in [1.165, 1.54) is 0 Å². The van der Waals surface area contributed by atoms with E-state index in [2.05, 4.69) is 34.0 Å². The van der Waals surface area contributed by atoms with Crippen molar-refractivity contribution in [3.8, 4) is 11.4 Å². The van der Waals surface area contributed by atoms with Crippen molar-refractivity contribution in [3.63, 3.8) is 0 Å². The minimum Gasteiger partial charge on any atom is -0.342 e. The van der Waals surface area contributed by atoms with Crippen LogP contribution in [-0.2, 0) is 4.79 Å². The van der Waals surface area contributed by atoms with Crippen molar-refractivity contribution in [2.45, 2.75) is 31.6 Å². The van der Waals surface area contributed by atoms with Crippen LogP contribution < -0.4 is 0 Å². The van der Waals surface area contributed by atoms with Gasteiger partial charge in [0.05, 0.1) is 22.6 Å². The van der Waals surface area contributed by atoms with E-state index < -0.39 is 0 Å². The second-order valence-corrected chi connectivity index (χ2v) is 9.30. The highest BCUT2D eigenvalue weighted by Gasteiger charge is 2.31. The van der Waals surface area contributed by atoms with Crippen molar-refractivity contribution in [2.75, 3.05) is 33.2 Å². The summed E-state index contributed by atoms with van der Waals surface area (Å²) in [4.78, 5) is 27.0. The molecule has 7 heteroatoms. The maximum atomic E-state index is 13.1. The SMILES string of the molecule is CN1CCC(C(=O)N2CCCC(c3cccc(-c4cnc5ccc(Cl)cn45)n3)C2)CC1. The van der Waals surface area contributed by atoms with Crippen LogP contribution in [0.5, 0.6) is 0 Å². The zero-order valence-corrected chi connectivity index (χ0v) is 18.6. The zero-order chi connectivity index (χ0) is 21.4. The number of nitrogens with zero attached hydrogens (tertiary/aromatic N) is 5. The van der Waals surface area contributed by atoms with E-state index in [-0.39, 0.29) is 11.8 Å². The van der Waals surface area contributed by atoms with Crippen LogP contribution in [0.2, 0.25) is 5.02 Å². The van der Waals surface area contributed by atoms with E-state index >= 15 is 0 Å². The molecule has 0 aromatic carbocycles. The number of likely N-dealkylation sites (tertiary alicyclic amines) is 2. The summed E-state index contributed by atoms with van der Waals surface area (Å²) in [7, 11) is 2.13. The van der Waals surface area contributed by atoms with Crippen LogP contribution in [0.4, 0.5) is 0 Å². The monoisotopic (exact) mass is 437 g/mol. The quantitative estimate of drug-likeness (QED) is 0.619. The molecule has 3 aromatic heterocycles. The second-order valence-electron chi connectivity index (χ2n) is 8.87. The fourth-order valence-electron chi connectivity index (χ4n) is 4.90. The number of carbonyl (C=O) groups is 1. The highest BCUT2D eigenvalue weighted by molar-refractivity contribution is 6.30. The number of hydrogen-bond acceptors (Lipinski definition) is 4. The number of halogens is 1. The summed E-state index contributed by atoms with van der Waals surface area (Å²) in [5.74, 6) is 0.786. The van der Waals surface area contributed by atoms with E-state index in [9.17, 15) is 4.79 Å². The number of hydrogen-bond donors (Lipinski definition) is 0. The van der Waals surface area contributed by atoms with Gasteiger partial charge in [0.2, 0.25) is 5.91 Å². The Labute approximate surface area is 187 Å². The lowest BCUT2D eigenvalue weighted by molar-refractivity contribution is -0.138. The maximum Gasteiger partial charge on any atom is 0.225 e. The number of piperidine rings is 2. The topological polar surface area (TPSA) is 53.7 Å². The highest BCUT2D eigenvalue weighted by atomic mass is 35.5. The van der Waals surface area contributed by atoms with Gasteiger partial charge in [0.15, 0.2) is 0 Å². The van der Waals surface area contributed by atoms with Crippen LogP contribution in [-0.4, -0.2) is 63.3 Å². The molecule has 31 heavy (non-hydrogen) atoms. The van der Waals surface area contributed by atoms with Crippen LogP contribution in [0, 0.1) is 5.92 Å². The fourth-order valence-corrected chi connectivity index (χ4v) is 5.06. The molecule has 1 amide bonds. The molecule has 2 aliphatic heterocycles. The lowest BCUT2D eigenvalue weighted by atomic mass is 9.90. The first kappa shape index (κ1) is 20.5. The summed E-state index contributed by atoms with van der Waals surface area (Å²) in [6.45, 7) is 3.66. The number of fused-ring (bicyclic) bond motifs is 1. The van der Waals surface area contributed by atoms with E-state index in [1.807, 2.05) is 35.0 Å². The predicted molar refractivity (Wildman–Crippen MR) is 122 cm³/mol. The first-order valence-corrected chi connectivity index (χ1v) is 11.5. The molecule has 0 radical (unpaired) electrons. The van der Waals surface area contributed by atoms with Crippen LogP contribution in [0.15, 0.2) is 42.7 Å². The second kappa shape index (κ2) is 8.60. The number of rotatable bonds is 3. The van der Waals surface area contributed by atoms with E-state index in [0.29, 0.717) is 10.9 Å². The molecule has 5 heterocycles. The molecule has 5 rings (SSSR count). The van der Waals surface area contributed by atoms with Gasteiger partial charge < -0.3 is 9.80 Å². The number of amides is 1. The molecule has 6 nitrogen and oxygen atoms in total. The summed E-state index contributed by atoms with van der Waals surface area (Å²) in [5, 5.41) is 0.665. The lowest BCUT2D eigenvalue weighted by Gasteiger charge is -2.37. The molecule has 0 bridgehead atoms. The van der Waals surface area contributed by atoms with Crippen LogP contribution >= 0.6 is 11.6 Å². The third-order valence-electron chi connectivity index (χ3n) is 6.72. The molecule has 1 unspecified atom stereocenters. The Hall–Kier alpha value is -2.44. The van der Waals surface area contributed by atoms with Gasteiger partial charge in [0, 0.05) is 36.8 Å². The van der Waals surface area contributed by atoms with Crippen molar-refractivity contribution < 1.29 is 4.79 Å². The number of aromatic nitrogens is 3. The molecule has 0 aliphatic carbocycles. The molecule has 3 aromatic rings. The molecule has 0 spiro atoms. The Kier molecular flexibility index (Phi) is 5.67. The van der Waals surface area contributed by atoms with E-state index in [1.54, 1.807) is 0 Å². The van der Waals surface area contributed by atoms with Gasteiger partial charge in [-0.2, -0.15) is 0 Å². The highest BCUT2D eigenvalue weighted by Crippen LogP contribution is 2.30. The van der Waals surface area contributed by atoms with Crippen molar-refractivity contribution in [2.24, 2.45) is 5.92 Å². The molecular weight excluding hydrogens is 410 g/mol. The smallest absolute Gasteiger partial charge is 0.225 e. The summed E-state index contributed by atoms with van der Waals surface area (Å²) >= 11 is 6.20. The van der Waals surface area contributed by atoms with Gasteiger partial charge in [-0.3, -0.25) is 14.2 Å². The maximum absolute atomic E-state index is 13.1. The number of pyridine rings is 2. The largest absolute Gasteiger partial charge is 0.342 e. The van der Waals surface area contributed by atoms with E-state index in [0.717, 1.165) is 74.6 Å². The molecule has 2 saturated heterocycles. The average molecular weight is 438 g/mol. The van der Waals surface area contributed by atoms with Crippen molar-refractivity contribution in [1.82, 2.24) is 24.2 Å². The van der Waals surface area contributed by atoms with Gasteiger partial charge in [0.25, 0.3) is 0 Å². The Morgan fingerprint density at radius 2 is 1.94 bits per heavy atom. The van der Waals surface area contributed by atoms with Gasteiger partial charge >= 0.3 is 0 Å². The number of carbonyl (C=O) groups excluding carboxylic acids is 1. The summed E-state index contributed by atoms with van der Waals surface area (Å²) < 4.78 is 1.98. The third-order valence-corrected chi connectivity index (χ3v) is 6.95. The first-order chi connectivity index (χ1) is 15.1. The normalized spacial score (nSPS) is 21.0. The van der Waals surface area contributed by atoms with Gasteiger partial charge in [-0.25, -0.2) is 4.98 Å². The van der Waals surface area contributed by atoms with Crippen molar-refractivity contribution >= 4 is 23.2 Å². The Morgan fingerprint density at radius 3 is 2.77 bits per heavy atom. The van der Waals surface area contributed by atoms with E-state index in [4.69, 9.17) is 16.6 Å². The molecule has 2 aliphatic rings. The Morgan fingerprint density at radius 1 is 1.10 bits per heavy atom.